The van der Waals surface area contributed by atoms with Gasteiger partial charge in [-0.25, -0.2) is 14.2 Å². The summed E-state index contributed by atoms with van der Waals surface area (Å²) >= 11 is 0. The number of aromatic nitrogens is 2. The summed E-state index contributed by atoms with van der Waals surface area (Å²) < 4.78 is 14.5. The van der Waals surface area contributed by atoms with Crippen molar-refractivity contribution >= 4 is 11.8 Å². The fourth-order valence-corrected chi connectivity index (χ4v) is 2.41. The predicted octanol–water partition coefficient (Wildman–Crippen LogP) is 1.70. The molecule has 0 amide bonds. The normalized spacial score (nSPS) is 17.5. The lowest BCUT2D eigenvalue weighted by atomic mass is 10.1. The maximum absolute atomic E-state index is 13.1. The van der Waals surface area contributed by atoms with Gasteiger partial charge in [0.05, 0.1) is 0 Å². The number of hydrogen-bond acceptors (Lipinski definition) is 3. The number of Topliss-reactive ketones (excluding diaryl/α,β-unsaturated/α-hetero) is 1. The second kappa shape index (κ2) is 4.01. The summed E-state index contributed by atoms with van der Waals surface area (Å²) in [5.41, 5.74) is 1.04. The summed E-state index contributed by atoms with van der Waals surface area (Å²) in [6.45, 7) is 0. The molecule has 1 unspecified atom stereocenters. The maximum Gasteiger partial charge on any atom is 0.372 e. The van der Waals surface area contributed by atoms with Gasteiger partial charge < -0.3 is 9.67 Å². The van der Waals surface area contributed by atoms with Gasteiger partial charge in [-0.05, 0) is 23.8 Å². The minimum atomic E-state index is -1.19. The van der Waals surface area contributed by atoms with Crippen LogP contribution < -0.4 is 0 Å². The maximum atomic E-state index is 13.1. The highest BCUT2D eigenvalue weighted by atomic mass is 19.1. The molecule has 0 bridgehead atoms. The van der Waals surface area contributed by atoms with Crippen molar-refractivity contribution in [3.63, 3.8) is 0 Å². The van der Waals surface area contributed by atoms with Gasteiger partial charge in [0.1, 0.15) is 11.9 Å². The Morgan fingerprint density at radius 1 is 1.47 bits per heavy atom. The number of halogens is 1. The van der Waals surface area contributed by atoms with Crippen LogP contribution in [0.2, 0.25) is 0 Å². The van der Waals surface area contributed by atoms with E-state index in [9.17, 15) is 14.0 Å². The van der Waals surface area contributed by atoms with Crippen molar-refractivity contribution in [2.24, 2.45) is 0 Å². The zero-order valence-corrected chi connectivity index (χ0v) is 9.71. The van der Waals surface area contributed by atoms with Crippen molar-refractivity contribution in [2.45, 2.75) is 12.5 Å². The van der Waals surface area contributed by atoms with E-state index >= 15 is 0 Å². The Hall–Kier alpha value is -2.50. The lowest BCUT2D eigenvalue weighted by molar-refractivity contribution is 0.0675. The molecule has 1 atom stereocenters. The molecule has 19 heavy (non-hydrogen) atoms. The summed E-state index contributed by atoms with van der Waals surface area (Å²) in [4.78, 5) is 26.9. The number of carbonyl (C=O) groups excluding carboxylic acids is 1. The van der Waals surface area contributed by atoms with Crippen LogP contribution >= 0.6 is 0 Å². The molecule has 1 aliphatic rings. The molecular weight excluding hydrogens is 251 g/mol. The van der Waals surface area contributed by atoms with Crippen LogP contribution in [0.25, 0.3) is 0 Å². The minimum absolute atomic E-state index is 0.188. The molecule has 0 spiro atoms. The van der Waals surface area contributed by atoms with Crippen LogP contribution in [0, 0.1) is 5.82 Å². The molecule has 0 radical (unpaired) electrons. The van der Waals surface area contributed by atoms with Gasteiger partial charge in [-0.2, -0.15) is 0 Å². The van der Waals surface area contributed by atoms with Crippen LogP contribution in [-0.4, -0.2) is 26.4 Å². The molecule has 3 rings (SSSR count). The van der Waals surface area contributed by atoms with Gasteiger partial charge in [0.15, 0.2) is 5.78 Å². The zero-order chi connectivity index (χ0) is 13.6. The predicted molar refractivity (Wildman–Crippen MR) is 62.7 cm³/mol. The molecule has 1 aromatic heterocycles. The first-order chi connectivity index (χ1) is 9.08. The molecule has 0 saturated heterocycles. The first-order valence-corrected chi connectivity index (χ1v) is 5.66. The molecule has 1 aliphatic carbocycles. The highest BCUT2D eigenvalue weighted by Crippen LogP contribution is 2.31. The number of carboxylic acid groups (broad SMARTS) is 1. The highest BCUT2D eigenvalue weighted by molar-refractivity contribution is 6.03. The van der Waals surface area contributed by atoms with Crippen molar-refractivity contribution in [1.82, 2.24) is 9.55 Å². The fraction of sp³-hybridized carbons (Fsp3) is 0.154. The molecule has 1 aromatic carbocycles. The van der Waals surface area contributed by atoms with Gasteiger partial charge in [-0.3, -0.25) is 4.79 Å². The van der Waals surface area contributed by atoms with Gasteiger partial charge in [-0.1, -0.05) is 0 Å². The van der Waals surface area contributed by atoms with E-state index in [2.05, 4.69) is 4.98 Å². The van der Waals surface area contributed by atoms with Crippen LogP contribution in [-0.2, 0) is 6.42 Å². The van der Waals surface area contributed by atoms with Crippen LogP contribution in [0.1, 0.15) is 32.6 Å². The van der Waals surface area contributed by atoms with E-state index in [1.165, 1.54) is 35.2 Å². The number of fused-ring (bicyclic) bond motifs is 1. The second-order valence-corrected chi connectivity index (χ2v) is 4.35. The number of carbonyl (C=O) groups is 2. The molecule has 0 fully saturated rings. The molecule has 1 heterocycles. The van der Waals surface area contributed by atoms with Crippen molar-refractivity contribution in [3.8, 4) is 0 Å². The van der Waals surface area contributed by atoms with Gasteiger partial charge >= 0.3 is 5.97 Å². The quantitative estimate of drug-likeness (QED) is 0.892. The SMILES string of the molecule is O=C(O)c1nccn1C1Cc2cc(F)ccc2C1=O. The van der Waals surface area contributed by atoms with Crippen LogP contribution in [0.4, 0.5) is 4.39 Å². The number of aromatic carboxylic acids is 1. The first kappa shape index (κ1) is 11.6. The fourth-order valence-electron chi connectivity index (χ4n) is 2.41. The molecule has 2 aromatic rings. The summed E-state index contributed by atoms with van der Waals surface area (Å²) in [7, 11) is 0. The van der Waals surface area contributed by atoms with Gasteiger partial charge in [0.2, 0.25) is 5.82 Å². The topological polar surface area (TPSA) is 72.2 Å². The van der Waals surface area contributed by atoms with E-state index in [-0.39, 0.29) is 18.0 Å². The van der Waals surface area contributed by atoms with E-state index in [0.29, 0.717) is 11.1 Å². The highest BCUT2D eigenvalue weighted by Gasteiger charge is 2.34. The molecular formula is C13H9FN2O3. The van der Waals surface area contributed by atoms with Crippen LogP contribution in [0.15, 0.2) is 30.6 Å². The standard InChI is InChI=1S/C13H9FN2O3/c14-8-1-2-9-7(5-8)6-10(11(9)17)16-4-3-15-12(16)13(18)19/h1-5,10H,6H2,(H,18,19). The Morgan fingerprint density at radius 2 is 2.26 bits per heavy atom. The summed E-state index contributed by atoms with van der Waals surface area (Å²) in [5.74, 6) is -2.00. The van der Waals surface area contributed by atoms with Gasteiger partial charge in [0, 0.05) is 24.4 Å². The average molecular weight is 260 g/mol. The van der Waals surface area contributed by atoms with Crippen molar-refractivity contribution in [1.29, 1.82) is 0 Å². The Bertz CT molecular complexity index is 693. The number of benzene rings is 1. The zero-order valence-electron chi connectivity index (χ0n) is 9.71. The number of hydrogen-bond donors (Lipinski definition) is 1. The van der Waals surface area contributed by atoms with E-state index in [1.54, 1.807) is 0 Å². The third-order valence-corrected chi connectivity index (χ3v) is 3.24. The van der Waals surface area contributed by atoms with Gasteiger partial charge in [0.25, 0.3) is 0 Å². The second-order valence-electron chi connectivity index (χ2n) is 4.35. The lowest BCUT2D eigenvalue weighted by Crippen LogP contribution is -2.19. The Balaban J connectivity index is 2.04. The molecule has 5 nitrogen and oxygen atoms in total. The van der Waals surface area contributed by atoms with E-state index < -0.39 is 17.8 Å². The third kappa shape index (κ3) is 1.72. The first-order valence-electron chi connectivity index (χ1n) is 5.66. The third-order valence-electron chi connectivity index (χ3n) is 3.24. The molecule has 0 saturated carbocycles. The van der Waals surface area contributed by atoms with Crippen molar-refractivity contribution < 1.29 is 19.1 Å². The number of rotatable bonds is 2. The minimum Gasteiger partial charge on any atom is -0.475 e. The Labute approximate surface area is 107 Å². The van der Waals surface area contributed by atoms with Crippen molar-refractivity contribution in [3.05, 3.63) is 53.4 Å². The number of carboxylic acids is 1. The summed E-state index contributed by atoms with van der Waals surface area (Å²) in [6.07, 6.45) is 3.07. The number of imidazole rings is 1. The molecule has 6 heteroatoms. The average Bonchev–Trinajstić information content (AvgIpc) is 2.94. The lowest BCUT2D eigenvalue weighted by Gasteiger charge is -2.11. The largest absolute Gasteiger partial charge is 0.475 e. The molecule has 1 N–H and O–H groups in total. The monoisotopic (exact) mass is 260 g/mol. The van der Waals surface area contributed by atoms with Crippen LogP contribution in [0.3, 0.4) is 0 Å². The smallest absolute Gasteiger partial charge is 0.372 e. The Kier molecular flexibility index (Phi) is 2.45. The summed E-state index contributed by atoms with van der Waals surface area (Å²) in [5, 5.41) is 9.01. The molecule has 96 valence electrons. The van der Waals surface area contributed by atoms with E-state index in [4.69, 9.17) is 5.11 Å². The number of nitrogens with zero attached hydrogens (tertiary/aromatic N) is 2. The summed E-state index contributed by atoms with van der Waals surface area (Å²) in [6, 6.07) is 3.31. The van der Waals surface area contributed by atoms with Crippen LogP contribution in [0.5, 0.6) is 0 Å². The van der Waals surface area contributed by atoms with E-state index in [0.717, 1.165) is 0 Å². The Morgan fingerprint density at radius 3 is 3.00 bits per heavy atom. The van der Waals surface area contributed by atoms with Gasteiger partial charge in [-0.15, -0.1) is 0 Å². The van der Waals surface area contributed by atoms with E-state index in [1.807, 2.05) is 0 Å². The number of ketones is 1. The van der Waals surface area contributed by atoms with Crippen molar-refractivity contribution in [2.75, 3.05) is 0 Å². The molecule has 0 aliphatic heterocycles.